The van der Waals surface area contributed by atoms with Crippen LogP contribution < -0.4 is 5.73 Å². The average Bonchev–Trinajstić information content (AvgIpc) is 2.67. The van der Waals surface area contributed by atoms with E-state index in [9.17, 15) is 4.39 Å². The number of thiocarbonyl (C=S) groups is 1. The van der Waals surface area contributed by atoms with Gasteiger partial charge < -0.3 is 5.73 Å². The average molecular weight is 249 g/mol. The van der Waals surface area contributed by atoms with E-state index in [2.05, 4.69) is 5.10 Å². The number of hydrogen-bond acceptors (Lipinski definition) is 2. The van der Waals surface area contributed by atoms with Gasteiger partial charge in [0, 0.05) is 17.3 Å². The molecule has 2 N–H and O–H groups in total. The zero-order chi connectivity index (χ0) is 12.4. The summed E-state index contributed by atoms with van der Waals surface area (Å²) in [7, 11) is 0. The number of nitrogens with zero attached hydrogens (tertiary/aromatic N) is 2. The highest BCUT2D eigenvalue weighted by Gasteiger charge is 2.06. The molecule has 2 aromatic rings. The lowest BCUT2D eigenvalue weighted by atomic mass is 10.1. The van der Waals surface area contributed by atoms with Crippen molar-refractivity contribution in [2.45, 2.75) is 13.5 Å². The summed E-state index contributed by atoms with van der Waals surface area (Å²) in [5.41, 5.74) is 7.75. The van der Waals surface area contributed by atoms with Crippen LogP contribution in [0.4, 0.5) is 4.39 Å². The Balaban J connectivity index is 2.31. The predicted molar refractivity (Wildman–Crippen MR) is 68.4 cm³/mol. The van der Waals surface area contributed by atoms with Crippen LogP contribution in [0.1, 0.15) is 16.7 Å². The van der Waals surface area contributed by atoms with Crippen LogP contribution in [0.15, 0.2) is 30.6 Å². The summed E-state index contributed by atoms with van der Waals surface area (Å²) in [4.78, 5) is 0.267. The number of hydrogen-bond donors (Lipinski definition) is 1. The second-order valence-corrected chi connectivity index (χ2v) is 4.33. The topological polar surface area (TPSA) is 43.8 Å². The van der Waals surface area contributed by atoms with Gasteiger partial charge in [-0.15, -0.1) is 0 Å². The molecule has 0 radical (unpaired) electrons. The standard InChI is InChI=1S/C12H12FN3S/c1-8-5-15-16(6-8)7-10-4-9(12(14)17)2-3-11(10)13/h2-6H,7H2,1H3,(H2,14,17). The first kappa shape index (κ1) is 11.7. The van der Waals surface area contributed by atoms with E-state index >= 15 is 0 Å². The fraction of sp³-hybridized carbons (Fsp3) is 0.167. The van der Waals surface area contributed by atoms with Crippen molar-refractivity contribution in [3.8, 4) is 0 Å². The van der Waals surface area contributed by atoms with Gasteiger partial charge in [-0.25, -0.2) is 4.39 Å². The number of benzene rings is 1. The second-order valence-electron chi connectivity index (χ2n) is 3.89. The summed E-state index contributed by atoms with van der Waals surface area (Å²) < 4.78 is 15.3. The van der Waals surface area contributed by atoms with Crippen molar-refractivity contribution in [1.29, 1.82) is 0 Å². The van der Waals surface area contributed by atoms with Crippen molar-refractivity contribution in [1.82, 2.24) is 9.78 Å². The van der Waals surface area contributed by atoms with E-state index in [0.717, 1.165) is 5.56 Å². The van der Waals surface area contributed by atoms with Crippen molar-refractivity contribution < 1.29 is 4.39 Å². The first-order valence-electron chi connectivity index (χ1n) is 5.13. The molecule has 88 valence electrons. The maximum Gasteiger partial charge on any atom is 0.128 e. The molecule has 5 heteroatoms. The maximum atomic E-state index is 13.6. The number of nitrogens with two attached hydrogens (primary N) is 1. The summed E-state index contributed by atoms with van der Waals surface area (Å²) in [6, 6.07) is 4.62. The van der Waals surface area contributed by atoms with Crippen LogP contribution in [0.3, 0.4) is 0 Å². The molecule has 0 amide bonds. The van der Waals surface area contributed by atoms with Crippen LogP contribution >= 0.6 is 12.2 Å². The fourth-order valence-corrected chi connectivity index (χ4v) is 1.70. The van der Waals surface area contributed by atoms with Crippen LogP contribution in [-0.4, -0.2) is 14.8 Å². The third-order valence-electron chi connectivity index (χ3n) is 2.42. The predicted octanol–water partition coefficient (Wildman–Crippen LogP) is 2.01. The minimum absolute atomic E-state index is 0.267. The maximum absolute atomic E-state index is 13.6. The largest absolute Gasteiger partial charge is 0.389 e. The van der Waals surface area contributed by atoms with Gasteiger partial charge in [-0.3, -0.25) is 4.68 Å². The zero-order valence-corrected chi connectivity index (χ0v) is 10.2. The molecule has 1 aromatic carbocycles. The highest BCUT2D eigenvalue weighted by molar-refractivity contribution is 7.80. The molecule has 2 rings (SSSR count). The molecule has 0 saturated carbocycles. The third-order valence-corrected chi connectivity index (χ3v) is 2.66. The Labute approximate surface area is 104 Å². The Hall–Kier alpha value is -1.75. The lowest BCUT2D eigenvalue weighted by Crippen LogP contribution is -2.11. The molecule has 1 heterocycles. The van der Waals surface area contributed by atoms with Crippen LogP contribution in [0, 0.1) is 12.7 Å². The molecule has 0 bridgehead atoms. The third kappa shape index (κ3) is 2.68. The quantitative estimate of drug-likeness (QED) is 0.846. The number of aryl methyl sites for hydroxylation is 1. The van der Waals surface area contributed by atoms with E-state index in [4.69, 9.17) is 18.0 Å². The Morgan fingerprint density at radius 3 is 2.88 bits per heavy atom. The molecule has 1 aromatic heterocycles. The molecule has 0 aliphatic rings. The van der Waals surface area contributed by atoms with Crippen molar-refractivity contribution in [3.05, 3.63) is 53.1 Å². The summed E-state index contributed by atoms with van der Waals surface area (Å²) in [6.45, 7) is 2.31. The second kappa shape index (κ2) is 4.63. The monoisotopic (exact) mass is 249 g/mol. The van der Waals surface area contributed by atoms with Gasteiger partial charge in [0.15, 0.2) is 0 Å². The number of halogens is 1. The Bertz CT molecular complexity index is 563. The van der Waals surface area contributed by atoms with Crippen molar-refractivity contribution in [2.24, 2.45) is 5.73 Å². The zero-order valence-electron chi connectivity index (χ0n) is 9.35. The van der Waals surface area contributed by atoms with Gasteiger partial charge in [-0.2, -0.15) is 5.10 Å². The lowest BCUT2D eigenvalue weighted by Gasteiger charge is -2.06. The lowest BCUT2D eigenvalue weighted by molar-refractivity contribution is 0.585. The van der Waals surface area contributed by atoms with Gasteiger partial charge in [-0.1, -0.05) is 12.2 Å². The minimum atomic E-state index is -0.279. The van der Waals surface area contributed by atoms with Gasteiger partial charge in [0.25, 0.3) is 0 Å². The normalized spacial score (nSPS) is 10.5. The molecule has 0 unspecified atom stereocenters. The highest BCUT2D eigenvalue weighted by Crippen LogP contribution is 2.12. The summed E-state index contributed by atoms with van der Waals surface area (Å²) in [6.07, 6.45) is 3.59. The molecule has 0 spiro atoms. The number of aromatic nitrogens is 2. The van der Waals surface area contributed by atoms with Gasteiger partial charge in [0.2, 0.25) is 0 Å². The van der Waals surface area contributed by atoms with E-state index < -0.39 is 0 Å². The summed E-state index contributed by atoms with van der Waals surface area (Å²) in [5, 5.41) is 4.11. The van der Waals surface area contributed by atoms with Crippen molar-refractivity contribution in [3.63, 3.8) is 0 Å². The molecule has 0 aliphatic heterocycles. The van der Waals surface area contributed by atoms with E-state index in [1.807, 2.05) is 13.1 Å². The van der Waals surface area contributed by atoms with E-state index in [1.165, 1.54) is 6.07 Å². The van der Waals surface area contributed by atoms with E-state index in [-0.39, 0.29) is 10.8 Å². The molecular formula is C12H12FN3S. The molecule has 0 fully saturated rings. The van der Waals surface area contributed by atoms with Gasteiger partial charge in [-0.05, 0) is 30.7 Å². The molecular weight excluding hydrogens is 237 g/mol. The Morgan fingerprint density at radius 2 is 2.29 bits per heavy atom. The minimum Gasteiger partial charge on any atom is -0.389 e. The SMILES string of the molecule is Cc1cnn(Cc2cc(C(N)=S)ccc2F)c1. The van der Waals surface area contributed by atoms with E-state index in [0.29, 0.717) is 17.7 Å². The molecule has 0 saturated heterocycles. The first-order chi connectivity index (χ1) is 8.06. The summed E-state index contributed by atoms with van der Waals surface area (Å²) in [5.74, 6) is -0.279. The smallest absolute Gasteiger partial charge is 0.128 e. The molecule has 0 aliphatic carbocycles. The van der Waals surface area contributed by atoms with Gasteiger partial charge in [0.05, 0.1) is 12.7 Å². The van der Waals surface area contributed by atoms with Crippen molar-refractivity contribution >= 4 is 17.2 Å². The highest BCUT2D eigenvalue weighted by atomic mass is 32.1. The fourth-order valence-electron chi connectivity index (χ4n) is 1.58. The van der Waals surface area contributed by atoms with Crippen molar-refractivity contribution in [2.75, 3.05) is 0 Å². The van der Waals surface area contributed by atoms with Gasteiger partial charge in [0.1, 0.15) is 10.8 Å². The van der Waals surface area contributed by atoms with Crippen LogP contribution in [-0.2, 0) is 6.54 Å². The van der Waals surface area contributed by atoms with Crippen LogP contribution in [0.2, 0.25) is 0 Å². The molecule has 3 nitrogen and oxygen atoms in total. The van der Waals surface area contributed by atoms with Crippen LogP contribution in [0.25, 0.3) is 0 Å². The van der Waals surface area contributed by atoms with Crippen LogP contribution in [0.5, 0.6) is 0 Å². The first-order valence-corrected chi connectivity index (χ1v) is 5.54. The number of rotatable bonds is 3. The Morgan fingerprint density at radius 1 is 1.53 bits per heavy atom. The molecule has 0 atom stereocenters. The van der Waals surface area contributed by atoms with E-state index in [1.54, 1.807) is 23.0 Å². The van der Waals surface area contributed by atoms with Gasteiger partial charge >= 0.3 is 0 Å². The summed E-state index contributed by atoms with van der Waals surface area (Å²) >= 11 is 4.87. The Kier molecular flexibility index (Phi) is 3.19. The molecule has 17 heavy (non-hydrogen) atoms.